The predicted molar refractivity (Wildman–Crippen MR) is 91.2 cm³/mol. The minimum atomic E-state index is 0.325. The van der Waals surface area contributed by atoms with E-state index in [0.717, 1.165) is 11.4 Å². The molecule has 2 N–H and O–H groups in total. The zero-order valence-electron chi connectivity index (χ0n) is 11.0. The summed E-state index contributed by atoms with van der Waals surface area (Å²) in [7, 11) is 0. The normalized spacial score (nSPS) is 19.9. The van der Waals surface area contributed by atoms with Gasteiger partial charge in [-0.25, -0.2) is 4.98 Å². The molecular formula is C15H13Cl2N3S. The lowest BCUT2D eigenvalue weighted by molar-refractivity contribution is 0.876. The van der Waals surface area contributed by atoms with Crippen molar-refractivity contribution >= 4 is 46.4 Å². The summed E-state index contributed by atoms with van der Waals surface area (Å²) in [4.78, 5) is 4.15. The van der Waals surface area contributed by atoms with Crippen LogP contribution in [0.4, 0.5) is 5.82 Å². The van der Waals surface area contributed by atoms with Crippen molar-refractivity contribution in [2.24, 2.45) is 0 Å². The molecule has 2 atom stereocenters. The summed E-state index contributed by atoms with van der Waals surface area (Å²) in [5.41, 5.74) is 1.23. The molecule has 2 unspecified atom stereocenters. The third-order valence-corrected chi connectivity index (χ3v) is 4.13. The number of pyridine rings is 1. The van der Waals surface area contributed by atoms with Gasteiger partial charge < -0.3 is 10.6 Å². The highest BCUT2D eigenvalue weighted by Crippen LogP contribution is 2.41. The molecular weight excluding hydrogens is 325 g/mol. The van der Waals surface area contributed by atoms with E-state index >= 15 is 0 Å². The van der Waals surface area contributed by atoms with Crippen molar-refractivity contribution in [1.29, 1.82) is 0 Å². The largest absolute Gasteiger partial charge is 0.359 e. The zero-order valence-corrected chi connectivity index (χ0v) is 13.3. The molecule has 108 valence electrons. The molecule has 0 spiro atoms. The van der Waals surface area contributed by atoms with E-state index in [2.05, 4.69) is 21.7 Å². The number of benzene rings is 1. The Morgan fingerprint density at radius 1 is 1.24 bits per heavy atom. The highest BCUT2D eigenvalue weighted by atomic mass is 35.5. The second kappa shape index (κ2) is 6.18. The van der Waals surface area contributed by atoms with E-state index in [1.54, 1.807) is 18.3 Å². The van der Waals surface area contributed by atoms with Crippen molar-refractivity contribution in [2.45, 2.75) is 18.4 Å². The van der Waals surface area contributed by atoms with Gasteiger partial charge in [0.25, 0.3) is 0 Å². The topological polar surface area (TPSA) is 37.0 Å². The number of anilines is 1. The van der Waals surface area contributed by atoms with Gasteiger partial charge >= 0.3 is 0 Å². The molecule has 3 rings (SSSR count). The second-order valence-electron chi connectivity index (χ2n) is 4.94. The van der Waals surface area contributed by atoms with Crippen LogP contribution >= 0.6 is 35.4 Å². The molecule has 1 aromatic carbocycles. The molecule has 0 amide bonds. The minimum absolute atomic E-state index is 0.325. The van der Waals surface area contributed by atoms with Crippen LogP contribution in [0.5, 0.6) is 0 Å². The number of nitrogens with zero attached hydrogens (tertiary/aromatic N) is 1. The average Bonchev–Trinajstić information content (AvgIpc) is 3.20. The van der Waals surface area contributed by atoms with Crippen LogP contribution in [-0.2, 0) is 0 Å². The number of aromatic nitrogens is 1. The fraction of sp³-hybridized carbons (Fsp3) is 0.200. The van der Waals surface area contributed by atoms with Gasteiger partial charge in [-0.15, -0.1) is 0 Å². The SMILES string of the molecule is S=C(Nc1ncccc1Cl)NC1CC1c1cccc(Cl)c1. The lowest BCUT2D eigenvalue weighted by Gasteiger charge is -2.10. The fourth-order valence-electron chi connectivity index (χ4n) is 2.25. The van der Waals surface area contributed by atoms with Crippen LogP contribution in [0.25, 0.3) is 0 Å². The Morgan fingerprint density at radius 3 is 2.86 bits per heavy atom. The highest BCUT2D eigenvalue weighted by molar-refractivity contribution is 7.80. The van der Waals surface area contributed by atoms with Gasteiger partial charge in [0.2, 0.25) is 0 Å². The van der Waals surface area contributed by atoms with Crippen LogP contribution in [0.15, 0.2) is 42.6 Å². The monoisotopic (exact) mass is 337 g/mol. The molecule has 0 saturated heterocycles. The average molecular weight is 338 g/mol. The molecule has 0 radical (unpaired) electrons. The molecule has 1 aliphatic carbocycles. The Labute approximate surface area is 138 Å². The van der Waals surface area contributed by atoms with Crippen LogP contribution in [0, 0.1) is 0 Å². The Kier molecular flexibility index (Phi) is 4.29. The Hall–Kier alpha value is -1.36. The van der Waals surface area contributed by atoms with Gasteiger partial charge in [-0.2, -0.15) is 0 Å². The van der Waals surface area contributed by atoms with Crippen molar-refractivity contribution in [3.05, 3.63) is 58.2 Å². The highest BCUT2D eigenvalue weighted by Gasteiger charge is 2.38. The molecule has 1 aliphatic rings. The minimum Gasteiger partial charge on any atom is -0.359 e. The lowest BCUT2D eigenvalue weighted by atomic mass is 10.1. The van der Waals surface area contributed by atoms with Gasteiger partial charge in [0, 0.05) is 23.2 Å². The van der Waals surface area contributed by atoms with E-state index in [4.69, 9.17) is 35.4 Å². The van der Waals surface area contributed by atoms with Gasteiger partial charge in [0.1, 0.15) is 0 Å². The standard InChI is InChI=1S/C15H13Cl2N3S/c16-10-4-1-3-9(7-10)11-8-13(11)19-15(21)20-14-12(17)5-2-6-18-14/h1-7,11,13H,8H2,(H2,18,19,20,21). The number of hydrogen-bond donors (Lipinski definition) is 2. The van der Waals surface area contributed by atoms with Crippen LogP contribution < -0.4 is 10.6 Å². The zero-order chi connectivity index (χ0) is 14.8. The lowest BCUT2D eigenvalue weighted by Crippen LogP contribution is -2.31. The summed E-state index contributed by atoms with van der Waals surface area (Å²) in [6.45, 7) is 0. The number of nitrogens with one attached hydrogen (secondary N) is 2. The van der Waals surface area contributed by atoms with Crippen LogP contribution in [0.2, 0.25) is 10.0 Å². The molecule has 1 aromatic heterocycles. The van der Waals surface area contributed by atoms with Crippen molar-refractivity contribution in [3.63, 3.8) is 0 Å². The molecule has 1 fully saturated rings. The summed E-state index contributed by atoms with van der Waals surface area (Å²) >= 11 is 17.3. The van der Waals surface area contributed by atoms with E-state index < -0.39 is 0 Å². The summed E-state index contributed by atoms with van der Waals surface area (Å²) in [6, 6.07) is 11.8. The predicted octanol–water partition coefficient (Wildman–Crippen LogP) is 4.23. The number of thiocarbonyl (C=S) groups is 1. The third kappa shape index (κ3) is 3.64. The number of halogens is 2. The van der Waals surface area contributed by atoms with Gasteiger partial charge in [0.15, 0.2) is 10.9 Å². The molecule has 1 saturated carbocycles. The first kappa shape index (κ1) is 14.6. The van der Waals surface area contributed by atoms with Crippen molar-refractivity contribution in [3.8, 4) is 0 Å². The maximum atomic E-state index is 6.04. The first-order chi connectivity index (χ1) is 10.1. The second-order valence-corrected chi connectivity index (χ2v) is 6.19. The molecule has 0 bridgehead atoms. The van der Waals surface area contributed by atoms with Crippen LogP contribution in [0.1, 0.15) is 17.9 Å². The number of hydrogen-bond acceptors (Lipinski definition) is 2. The van der Waals surface area contributed by atoms with Gasteiger partial charge in [-0.1, -0.05) is 35.3 Å². The maximum Gasteiger partial charge on any atom is 0.172 e. The molecule has 6 heteroatoms. The van der Waals surface area contributed by atoms with E-state index in [1.165, 1.54) is 5.56 Å². The fourth-order valence-corrected chi connectivity index (χ4v) is 2.87. The molecule has 1 heterocycles. The van der Waals surface area contributed by atoms with E-state index in [-0.39, 0.29) is 0 Å². The van der Waals surface area contributed by atoms with E-state index in [9.17, 15) is 0 Å². The van der Waals surface area contributed by atoms with E-state index in [1.807, 2.05) is 18.2 Å². The van der Waals surface area contributed by atoms with E-state index in [0.29, 0.717) is 27.9 Å². The summed E-state index contributed by atoms with van der Waals surface area (Å²) in [5, 5.41) is 8.13. The van der Waals surface area contributed by atoms with Gasteiger partial charge in [-0.3, -0.25) is 0 Å². The first-order valence-electron chi connectivity index (χ1n) is 6.57. The van der Waals surface area contributed by atoms with Crippen molar-refractivity contribution < 1.29 is 0 Å². The molecule has 21 heavy (non-hydrogen) atoms. The Balaban J connectivity index is 1.57. The first-order valence-corrected chi connectivity index (χ1v) is 7.73. The molecule has 2 aromatic rings. The summed E-state index contributed by atoms with van der Waals surface area (Å²) in [6.07, 6.45) is 2.71. The molecule has 0 aliphatic heterocycles. The summed E-state index contributed by atoms with van der Waals surface area (Å²) in [5.74, 6) is 1.01. The Bertz CT molecular complexity index is 677. The van der Waals surface area contributed by atoms with Gasteiger partial charge in [0.05, 0.1) is 5.02 Å². The van der Waals surface area contributed by atoms with Crippen LogP contribution in [0.3, 0.4) is 0 Å². The maximum absolute atomic E-state index is 6.04. The van der Waals surface area contributed by atoms with Gasteiger partial charge in [-0.05, 0) is 48.5 Å². The third-order valence-electron chi connectivity index (χ3n) is 3.37. The van der Waals surface area contributed by atoms with Crippen LogP contribution in [-0.4, -0.2) is 16.1 Å². The smallest absolute Gasteiger partial charge is 0.172 e. The molecule has 3 nitrogen and oxygen atoms in total. The van der Waals surface area contributed by atoms with Crippen molar-refractivity contribution in [2.75, 3.05) is 5.32 Å². The number of rotatable bonds is 3. The quantitative estimate of drug-likeness (QED) is 0.821. The summed E-state index contributed by atoms with van der Waals surface area (Å²) < 4.78 is 0. The Morgan fingerprint density at radius 2 is 2.10 bits per heavy atom. The van der Waals surface area contributed by atoms with Crippen molar-refractivity contribution in [1.82, 2.24) is 10.3 Å².